The summed E-state index contributed by atoms with van der Waals surface area (Å²) < 4.78 is 5.63. The van der Waals surface area contributed by atoms with Crippen molar-refractivity contribution in [1.82, 2.24) is 0 Å². The van der Waals surface area contributed by atoms with Crippen LogP contribution in [0.5, 0.6) is 5.75 Å². The molecule has 0 aliphatic rings. The average molecular weight is 268 g/mol. The average Bonchev–Trinajstić information content (AvgIpc) is 2.52. The van der Waals surface area contributed by atoms with Crippen LogP contribution in [0.3, 0.4) is 0 Å². The summed E-state index contributed by atoms with van der Waals surface area (Å²) in [5.41, 5.74) is 2.09. The van der Waals surface area contributed by atoms with Crippen molar-refractivity contribution >= 4 is 6.08 Å². The Morgan fingerprint density at radius 3 is 2.40 bits per heavy atom. The summed E-state index contributed by atoms with van der Waals surface area (Å²) >= 11 is 0. The summed E-state index contributed by atoms with van der Waals surface area (Å²) in [5.74, 6) is 0.815. The van der Waals surface area contributed by atoms with E-state index in [-0.39, 0.29) is 6.10 Å². The normalized spacial score (nSPS) is 12.5. The van der Waals surface area contributed by atoms with E-state index in [1.165, 1.54) is 0 Å². The van der Waals surface area contributed by atoms with Crippen molar-refractivity contribution in [1.29, 1.82) is 0 Å². The van der Waals surface area contributed by atoms with Gasteiger partial charge in [-0.1, -0.05) is 55.5 Å². The Bertz CT molecular complexity index is 529. The van der Waals surface area contributed by atoms with Gasteiger partial charge in [-0.15, -0.1) is 0 Å². The van der Waals surface area contributed by atoms with E-state index in [0.29, 0.717) is 6.61 Å². The zero-order chi connectivity index (χ0) is 14.2. The zero-order valence-corrected chi connectivity index (χ0v) is 11.7. The lowest BCUT2D eigenvalue weighted by Crippen LogP contribution is -1.96. The van der Waals surface area contributed by atoms with Crippen LogP contribution in [-0.2, 0) is 0 Å². The van der Waals surface area contributed by atoms with E-state index in [1.807, 2.05) is 61.5 Å². The first-order valence-corrected chi connectivity index (χ1v) is 6.92. The highest BCUT2D eigenvalue weighted by Crippen LogP contribution is 2.19. The molecule has 2 heteroatoms. The van der Waals surface area contributed by atoms with Crippen molar-refractivity contribution in [2.45, 2.75) is 19.4 Å². The highest BCUT2D eigenvalue weighted by atomic mass is 16.5. The molecule has 0 heterocycles. The molecular formula is C18H20O2. The minimum absolute atomic E-state index is 0.387. The Labute approximate surface area is 120 Å². The van der Waals surface area contributed by atoms with E-state index in [1.54, 1.807) is 0 Å². The van der Waals surface area contributed by atoms with Crippen LogP contribution in [0.1, 0.15) is 30.6 Å². The van der Waals surface area contributed by atoms with E-state index >= 15 is 0 Å². The van der Waals surface area contributed by atoms with Gasteiger partial charge < -0.3 is 9.84 Å². The Hall–Kier alpha value is -2.06. The standard InChI is InChI=1S/C18H20O2/c1-2-18(19)16-10-12-17(13-11-16)20-14-6-9-15-7-4-3-5-8-15/h3-13,18-19H,2,14H2,1H3/t18-/m0/s1. The number of aliphatic hydroxyl groups excluding tert-OH is 1. The second-order valence-corrected chi connectivity index (χ2v) is 4.62. The molecule has 104 valence electrons. The molecule has 0 amide bonds. The van der Waals surface area contributed by atoms with Crippen LogP contribution in [0.25, 0.3) is 6.08 Å². The van der Waals surface area contributed by atoms with Crippen molar-refractivity contribution in [3.8, 4) is 5.75 Å². The number of hydrogen-bond donors (Lipinski definition) is 1. The predicted molar refractivity (Wildman–Crippen MR) is 82.7 cm³/mol. The second-order valence-electron chi connectivity index (χ2n) is 4.62. The molecule has 2 rings (SSSR count). The molecule has 0 unspecified atom stereocenters. The van der Waals surface area contributed by atoms with Crippen molar-refractivity contribution in [2.24, 2.45) is 0 Å². The first-order valence-electron chi connectivity index (χ1n) is 6.92. The molecule has 2 nitrogen and oxygen atoms in total. The Morgan fingerprint density at radius 1 is 1.05 bits per heavy atom. The largest absolute Gasteiger partial charge is 0.490 e. The molecule has 1 atom stereocenters. The van der Waals surface area contributed by atoms with E-state index in [0.717, 1.165) is 23.3 Å². The molecule has 20 heavy (non-hydrogen) atoms. The monoisotopic (exact) mass is 268 g/mol. The number of benzene rings is 2. The third kappa shape index (κ3) is 4.25. The number of hydrogen-bond acceptors (Lipinski definition) is 2. The third-order valence-corrected chi connectivity index (χ3v) is 3.11. The Morgan fingerprint density at radius 2 is 1.75 bits per heavy atom. The van der Waals surface area contributed by atoms with Gasteiger partial charge in [-0.25, -0.2) is 0 Å². The summed E-state index contributed by atoms with van der Waals surface area (Å²) in [4.78, 5) is 0. The van der Waals surface area contributed by atoms with Crippen molar-refractivity contribution in [2.75, 3.05) is 6.61 Å². The SMILES string of the molecule is CC[C@H](O)c1ccc(OCC=Cc2ccccc2)cc1. The molecule has 0 saturated heterocycles. The fraction of sp³-hybridized carbons (Fsp3) is 0.222. The molecule has 0 bridgehead atoms. The number of ether oxygens (including phenoxy) is 1. The van der Waals surface area contributed by atoms with Crippen molar-refractivity contribution in [3.05, 3.63) is 71.8 Å². The third-order valence-electron chi connectivity index (χ3n) is 3.11. The summed E-state index contributed by atoms with van der Waals surface area (Å²) in [7, 11) is 0. The zero-order valence-electron chi connectivity index (χ0n) is 11.7. The van der Waals surface area contributed by atoms with E-state index < -0.39 is 0 Å². The van der Waals surface area contributed by atoms with Crippen LogP contribution in [-0.4, -0.2) is 11.7 Å². The smallest absolute Gasteiger partial charge is 0.119 e. The predicted octanol–water partition coefficient (Wildman–Crippen LogP) is 4.22. The summed E-state index contributed by atoms with van der Waals surface area (Å²) in [5, 5.41) is 9.71. The maximum absolute atomic E-state index is 9.71. The number of aliphatic hydroxyl groups is 1. The van der Waals surface area contributed by atoms with E-state index in [2.05, 4.69) is 12.1 Å². The van der Waals surface area contributed by atoms with Gasteiger partial charge in [-0.2, -0.15) is 0 Å². The minimum Gasteiger partial charge on any atom is -0.490 e. The van der Waals surface area contributed by atoms with Crippen LogP contribution in [0.15, 0.2) is 60.7 Å². The molecular weight excluding hydrogens is 248 g/mol. The Balaban J connectivity index is 1.84. The summed E-state index contributed by atoms with van der Waals surface area (Å²) in [6.45, 7) is 2.49. The minimum atomic E-state index is -0.387. The molecule has 0 radical (unpaired) electrons. The molecule has 0 spiro atoms. The highest BCUT2D eigenvalue weighted by molar-refractivity contribution is 5.48. The molecule has 0 fully saturated rings. The number of rotatable bonds is 6. The fourth-order valence-corrected chi connectivity index (χ4v) is 1.91. The first kappa shape index (κ1) is 14.4. The van der Waals surface area contributed by atoms with Crippen LogP contribution < -0.4 is 4.74 Å². The van der Waals surface area contributed by atoms with Gasteiger partial charge in [0.25, 0.3) is 0 Å². The molecule has 2 aromatic rings. The van der Waals surface area contributed by atoms with Crippen molar-refractivity contribution < 1.29 is 9.84 Å². The maximum Gasteiger partial charge on any atom is 0.119 e. The molecule has 0 aromatic heterocycles. The van der Waals surface area contributed by atoms with Gasteiger partial charge >= 0.3 is 0 Å². The van der Waals surface area contributed by atoms with Crippen LogP contribution in [0.4, 0.5) is 0 Å². The van der Waals surface area contributed by atoms with Gasteiger partial charge in [0.05, 0.1) is 6.10 Å². The molecule has 0 aliphatic carbocycles. The Kier molecular flexibility index (Phi) is 5.39. The quantitative estimate of drug-likeness (QED) is 0.850. The summed E-state index contributed by atoms with van der Waals surface area (Å²) in [6.07, 6.45) is 4.36. The van der Waals surface area contributed by atoms with Crippen LogP contribution in [0, 0.1) is 0 Å². The highest BCUT2D eigenvalue weighted by Gasteiger charge is 2.03. The van der Waals surface area contributed by atoms with E-state index in [9.17, 15) is 5.11 Å². The van der Waals surface area contributed by atoms with Gasteiger partial charge in [0.2, 0.25) is 0 Å². The lowest BCUT2D eigenvalue weighted by molar-refractivity contribution is 0.173. The second kappa shape index (κ2) is 7.51. The molecule has 0 saturated carbocycles. The lowest BCUT2D eigenvalue weighted by atomic mass is 10.1. The van der Waals surface area contributed by atoms with Gasteiger partial charge in [-0.3, -0.25) is 0 Å². The van der Waals surface area contributed by atoms with Crippen molar-refractivity contribution in [3.63, 3.8) is 0 Å². The van der Waals surface area contributed by atoms with Gasteiger partial charge in [0, 0.05) is 0 Å². The van der Waals surface area contributed by atoms with Gasteiger partial charge in [0.1, 0.15) is 12.4 Å². The first-order chi connectivity index (χ1) is 9.79. The molecule has 2 aromatic carbocycles. The lowest BCUT2D eigenvalue weighted by Gasteiger charge is -2.09. The fourth-order valence-electron chi connectivity index (χ4n) is 1.91. The van der Waals surface area contributed by atoms with E-state index in [4.69, 9.17) is 4.74 Å². The van der Waals surface area contributed by atoms with Crippen LogP contribution >= 0.6 is 0 Å². The van der Waals surface area contributed by atoms with Gasteiger partial charge in [0.15, 0.2) is 0 Å². The topological polar surface area (TPSA) is 29.5 Å². The molecule has 0 aliphatic heterocycles. The van der Waals surface area contributed by atoms with Crippen LogP contribution in [0.2, 0.25) is 0 Å². The molecule has 1 N–H and O–H groups in total. The van der Waals surface area contributed by atoms with Gasteiger partial charge in [-0.05, 0) is 35.8 Å². The summed E-state index contributed by atoms with van der Waals surface area (Å²) in [6, 6.07) is 17.7. The maximum atomic E-state index is 9.71.